The molecule has 0 aliphatic heterocycles. The van der Waals surface area contributed by atoms with E-state index < -0.39 is 6.10 Å². The summed E-state index contributed by atoms with van der Waals surface area (Å²) in [4.78, 5) is 12.1. The minimum absolute atomic E-state index is 0.233. The van der Waals surface area contributed by atoms with Crippen molar-refractivity contribution in [1.29, 1.82) is 0 Å². The number of hydrogen-bond acceptors (Lipinski definition) is 4. The van der Waals surface area contributed by atoms with E-state index in [1.54, 1.807) is 0 Å². The van der Waals surface area contributed by atoms with Gasteiger partial charge in [0.25, 0.3) is 0 Å². The minimum Gasteiger partial charge on any atom is -0.426 e. The molecule has 2 rings (SSSR count). The molecule has 2 atom stereocenters. The molecule has 2 unspecified atom stereocenters. The number of rotatable bonds is 10. The normalized spacial score (nSPS) is 17.8. The van der Waals surface area contributed by atoms with Crippen LogP contribution in [0.3, 0.4) is 0 Å². The molecule has 0 aromatic heterocycles. The first-order valence-corrected chi connectivity index (χ1v) is 9.70. The van der Waals surface area contributed by atoms with Gasteiger partial charge in [-0.1, -0.05) is 38.3 Å². The Morgan fingerprint density at radius 1 is 1.24 bits per heavy atom. The minimum atomic E-state index is -0.452. The molecule has 0 amide bonds. The number of hydrogen-bond donors (Lipinski definition) is 2. The average Bonchev–Trinajstić information content (AvgIpc) is 2.59. The van der Waals surface area contributed by atoms with Crippen molar-refractivity contribution < 1.29 is 19.7 Å². The molecular weight excluding hydrogens is 316 g/mol. The van der Waals surface area contributed by atoms with Crippen molar-refractivity contribution in [1.82, 2.24) is 0 Å². The summed E-state index contributed by atoms with van der Waals surface area (Å²) in [6, 6.07) is 5.97. The van der Waals surface area contributed by atoms with Crippen molar-refractivity contribution >= 4 is 5.97 Å². The zero-order valence-electron chi connectivity index (χ0n) is 15.4. The second-order valence-corrected chi connectivity index (χ2v) is 7.33. The van der Waals surface area contributed by atoms with Crippen LogP contribution in [0.2, 0.25) is 0 Å². The van der Waals surface area contributed by atoms with Gasteiger partial charge in [-0.15, -0.1) is 0 Å². The fourth-order valence-corrected chi connectivity index (χ4v) is 3.50. The van der Waals surface area contributed by atoms with E-state index in [9.17, 15) is 9.90 Å². The van der Waals surface area contributed by atoms with E-state index in [4.69, 9.17) is 9.84 Å². The molecule has 2 N–H and O–H groups in total. The number of carbonyl (C=O) groups excluding carboxylic acids is 1. The lowest BCUT2D eigenvalue weighted by atomic mass is 9.84. The van der Waals surface area contributed by atoms with Gasteiger partial charge in [-0.05, 0) is 61.6 Å². The van der Waals surface area contributed by atoms with Crippen LogP contribution >= 0.6 is 0 Å². The number of ether oxygens (including phenoxy) is 1. The summed E-state index contributed by atoms with van der Waals surface area (Å²) >= 11 is 0. The first-order valence-electron chi connectivity index (χ1n) is 9.70. The highest BCUT2D eigenvalue weighted by molar-refractivity contribution is 5.73. The van der Waals surface area contributed by atoms with Gasteiger partial charge in [0.15, 0.2) is 0 Å². The van der Waals surface area contributed by atoms with Gasteiger partial charge >= 0.3 is 5.97 Å². The molecule has 4 nitrogen and oxygen atoms in total. The van der Waals surface area contributed by atoms with Gasteiger partial charge in [-0.2, -0.15) is 0 Å². The molecule has 0 spiro atoms. The maximum atomic E-state index is 12.1. The fraction of sp³-hybridized carbons (Fsp3) is 0.667. The van der Waals surface area contributed by atoms with Crippen LogP contribution in [0, 0.1) is 5.92 Å². The Balaban J connectivity index is 1.73. The highest BCUT2D eigenvalue weighted by Crippen LogP contribution is 2.32. The lowest BCUT2D eigenvalue weighted by Crippen LogP contribution is -2.17. The molecule has 25 heavy (non-hydrogen) atoms. The van der Waals surface area contributed by atoms with Gasteiger partial charge < -0.3 is 14.9 Å². The maximum Gasteiger partial charge on any atom is 0.311 e. The number of aliphatic hydroxyl groups excluding tert-OH is 2. The summed E-state index contributed by atoms with van der Waals surface area (Å²) in [6.45, 7) is 2.49. The molecular formula is C21H32O4. The Morgan fingerprint density at radius 3 is 2.84 bits per heavy atom. The van der Waals surface area contributed by atoms with E-state index in [-0.39, 0.29) is 19.0 Å². The van der Waals surface area contributed by atoms with Gasteiger partial charge in [-0.25, -0.2) is 0 Å². The lowest BCUT2D eigenvalue weighted by molar-refractivity contribution is -0.135. The highest BCUT2D eigenvalue weighted by Gasteiger charge is 2.20. The van der Waals surface area contributed by atoms with E-state index in [1.807, 2.05) is 12.1 Å². The Labute approximate surface area is 151 Å². The Morgan fingerprint density at radius 2 is 2.04 bits per heavy atom. The summed E-state index contributed by atoms with van der Waals surface area (Å²) < 4.78 is 5.58. The summed E-state index contributed by atoms with van der Waals surface area (Å²) in [5.41, 5.74) is 2.48. The molecule has 0 bridgehead atoms. The third-order valence-corrected chi connectivity index (χ3v) is 5.04. The molecule has 4 heteroatoms. The zero-order valence-corrected chi connectivity index (χ0v) is 15.4. The molecule has 1 aliphatic carbocycles. The molecule has 1 aromatic carbocycles. The maximum absolute atomic E-state index is 12.1. The number of unbranched alkanes of at least 4 members (excludes halogenated alkanes) is 3. The summed E-state index contributed by atoms with van der Waals surface area (Å²) in [5, 5.41) is 18.7. The zero-order chi connectivity index (χ0) is 18.1. The largest absolute Gasteiger partial charge is 0.426 e. The van der Waals surface area contributed by atoms with Gasteiger partial charge in [0, 0.05) is 13.0 Å². The van der Waals surface area contributed by atoms with Gasteiger partial charge in [0.05, 0.1) is 6.10 Å². The molecule has 0 saturated heterocycles. The van der Waals surface area contributed by atoms with Crippen LogP contribution in [-0.2, 0) is 17.6 Å². The summed E-state index contributed by atoms with van der Waals surface area (Å²) in [5.74, 6) is 1.13. The first kappa shape index (κ1) is 19.9. The van der Waals surface area contributed by atoms with E-state index >= 15 is 0 Å². The highest BCUT2D eigenvalue weighted by atomic mass is 16.5. The summed E-state index contributed by atoms with van der Waals surface area (Å²) in [7, 11) is 0. The molecule has 0 heterocycles. The third kappa shape index (κ3) is 6.79. The molecule has 1 aliphatic rings. The second-order valence-electron chi connectivity index (χ2n) is 7.33. The topological polar surface area (TPSA) is 66.8 Å². The first-order chi connectivity index (χ1) is 12.1. The number of carbonyl (C=O) groups is 1. The number of fused-ring (bicyclic) bond motifs is 1. The van der Waals surface area contributed by atoms with Crippen molar-refractivity contribution in [2.45, 2.75) is 77.2 Å². The van der Waals surface area contributed by atoms with Crippen LogP contribution < -0.4 is 4.74 Å². The van der Waals surface area contributed by atoms with Crippen molar-refractivity contribution in [3.63, 3.8) is 0 Å². The standard InChI is InChI=1S/C21H32O4/c1-16-10-12-19-17(15-16)7-6-9-20(19)25-21(24)13-11-18(23)8-4-2-3-5-14-22/h6-7,9,16,18,22-23H,2-5,8,10-15H2,1H3. The van der Waals surface area contributed by atoms with Crippen LogP contribution in [0.5, 0.6) is 5.75 Å². The monoisotopic (exact) mass is 348 g/mol. The predicted octanol–water partition coefficient (Wildman–Crippen LogP) is 3.80. The molecule has 0 saturated carbocycles. The fourth-order valence-electron chi connectivity index (χ4n) is 3.50. The second kappa shape index (κ2) is 10.6. The van der Waals surface area contributed by atoms with E-state index in [0.29, 0.717) is 24.5 Å². The van der Waals surface area contributed by atoms with E-state index in [1.165, 1.54) is 11.1 Å². The molecule has 0 fully saturated rings. The van der Waals surface area contributed by atoms with E-state index in [2.05, 4.69) is 13.0 Å². The average molecular weight is 348 g/mol. The van der Waals surface area contributed by atoms with Crippen LogP contribution in [0.15, 0.2) is 18.2 Å². The number of esters is 1. The SMILES string of the molecule is CC1CCc2c(cccc2OC(=O)CCC(O)CCCCCCO)C1. The quantitative estimate of drug-likeness (QED) is 0.383. The lowest BCUT2D eigenvalue weighted by Gasteiger charge is -2.23. The van der Waals surface area contributed by atoms with Crippen molar-refractivity contribution in [2.24, 2.45) is 5.92 Å². The van der Waals surface area contributed by atoms with Crippen LogP contribution in [-0.4, -0.2) is 28.9 Å². The van der Waals surface area contributed by atoms with E-state index in [0.717, 1.165) is 44.9 Å². The van der Waals surface area contributed by atoms with Crippen molar-refractivity contribution in [2.75, 3.05) is 6.61 Å². The van der Waals surface area contributed by atoms with Gasteiger partial charge in [0.1, 0.15) is 5.75 Å². The van der Waals surface area contributed by atoms with Crippen LogP contribution in [0.1, 0.15) is 69.4 Å². The van der Waals surface area contributed by atoms with Crippen LogP contribution in [0.4, 0.5) is 0 Å². The van der Waals surface area contributed by atoms with Gasteiger partial charge in [0.2, 0.25) is 0 Å². The molecule has 0 radical (unpaired) electrons. The third-order valence-electron chi connectivity index (χ3n) is 5.04. The molecule has 140 valence electrons. The Bertz CT molecular complexity index is 541. The smallest absolute Gasteiger partial charge is 0.311 e. The van der Waals surface area contributed by atoms with Crippen molar-refractivity contribution in [3.05, 3.63) is 29.3 Å². The van der Waals surface area contributed by atoms with Crippen LogP contribution in [0.25, 0.3) is 0 Å². The Hall–Kier alpha value is -1.39. The van der Waals surface area contributed by atoms with Crippen molar-refractivity contribution in [3.8, 4) is 5.75 Å². The van der Waals surface area contributed by atoms with Gasteiger partial charge in [-0.3, -0.25) is 4.79 Å². The molecule has 1 aromatic rings. The number of aliphatic hydroxyl groups is 2. The summed E-state index contributed by atoms with van der Waals surface area (Å²) in [6.07, 6.45) is 7.86. The number of benzene rings is 1. The Kier molecular flexibility index (Phi) is 8.42. The predicted molar refractivity (Wildman–Crippen MR) is 98.7 cm³/mol.